The molecule has 0 aromatic heterocycles. The molecule has 0 heterocycles. The molecule has 0 atom stereocenters. The normalized spacial score (nSPS) is 4.80. The van der Waals surface area contributed by atoms with Crippen LogP contribution in [0.15, 0.2) is 0 Å². The molecule has 0 aromatic rings. The zero-order valence-corrected chi connectivity index (χ0v) is 5.06. The number of rotatable bonds is 0. The molecule has 24 valence electrons. The van der Waals surface area contributed by atoms with Gasteiger partial charge in [0.2, 0.25) is 0 Å². The molecule has 0 aliphatic rings. The summed E-state index contributed by atoms with van der Waals surface area (Å²) in [5.41, 5.74) is 8.50. The van der Waals surface area contributed by atoms with Crippen LogP contribution in [-0.2, 0) is 0 Å². The molecule has 0 rings (SSSR count). The number of amides is 2. The summed E-state index contributed by atoms with van der Waals surface area (Å²) in [6.45, 7) is 0. The second kappa shape index (κ2) is 4.27. The van der Waals surface area contributed by atoms with Crippen LogP contribution in [0.3, 0.4) is 0 Å². The monoisotopic (exact) mass is 83.0 g/mol. The van der Waals surface area contributed by atoms with Gasteiger partial charge in [-0.25, -0.2) is 4.79 Å². The van der Waals surface area contributed by atoms with Crippen molar-refractivity contribution < 1.29 is 34.4 Å². The Hall–Kier alpha value is 0.270. The fourth-order valence-corrected chi connectivity index (χ4v) is 0. The van der Waals surface area contributed by atoms with Crippen LogP contribution in [0.1, 0.15) is 0 Å². The Bertz CT molecular complexity index is 32.6. The van der Waals surface area contributed by atoms with Gasteiger partial charge in [-0.15, -0.1) is 0 Å². The fourth-order valence-electron chi connectivity index (χ4n) is 0. The first kappa shape index (κ1) is 8.99. The van der Waals surface area contributed by atoms with E-state index in [1.54, 1.807) is 0 Å². The SMILES string of the molecule is NC(N)=O.[Na+]. The summed E-state index contributed by atoms with van der Waals surface area (Å²) < 4.78 is 0. The van der Waals surface area contributed by atoms with E-state index in [0.29, 0.717) is 0 Å². The van der Waals surface area contributed by atoms with E-state index in [9.17, 15) is 0 Å². The Morgan fingerprint density at radius 2 is 1.40 bits per heavy atom. The van der Waals surface area contributed by atoms with Gasteiger partial charge >= 0.3 is 35.6 Å². The minimum absolute atomic E-state index is 0. The maximum atomic E-state index is 9.00. The summed E-state index contributed by atoms with van der Waals surface area (Å²) in [7, 11) is 0. The molecule has 0 unspecified atom stereocenters. The summed E-state index contributed by atoms with van der Waals surface area (Å²) in [5.74, 6) is 0. The molecular weight excluding hydrogens is 79.0 g/mol. The molecule has 3 nitrogen and oxygen atoms in total. The van der Waals surface area contributed by atoms with Crippen molar-refractivity contribution in [3.8, 4) is 0 Å². The van der Waals surface area contributed by atoms with E-state index in [4.69, 9.17) is 4.79 Å². The third-order valence-corrected chi connectivity index (χ3v) is 0. The Morgan fingerprint density at radius 1 is 1.40 bits per heavy atom. The molecule has 0 saturated heterocycles. The first-order valence-corrected chi connectivity index (χ1v) is 0.781. The second-order valence-corrected chi connectivity index (χ2v) is 0.402. The molecule has 2 amide bonds. The summed E-state index contributed by atoms with van der Waals surface area (Å²) in [4.78, 5) is 9.00. The number of hydrogen-bond donors (Lipinski definition) is 2. The van der Waals surface area contributed by atoms with Crippen molar-refractivity contribution in [1.82, 2.24) is 0 Å². The topological polar surface area (TPSA) is 69.1 Å². The van der Waals surface area contributed by atoms with E-state index in [2.05, 4.69) is 11.5 Å². The Morgan fingerprint density at radius 3 is 1.40 bits per heavy atom. The van der Waals surface area contributed by atoms with Gasteiger partial charge in [-0.2, -0.15) is 0 Å². The molecule has 4 N–H and O–H groups in total. The van der Waals surface area contributed by atoms with E-state index in [-0.39, 0.29) is 29.6 Å². The molecule has 0 saturated carbocycles. The van der Waals surface area contributed by atoms with Crippen molar-refractivity contribution in [3.05, 3.63) is 0 Å². The second-order valence-electron chi connectivity index (χ2n) is 0.402. The van der Waals surface area contributed by atoms with Crippen LogP contribution in [0.5, 0.6) is 0 Å². The Balaban J connectivity index is 0. The molecule has 0 fully saturated rings. The van der Waals surface area contributed by atoms with E-state index in [1.807, 2.05) is 0 Å². The van der Waals surface area contributed by atoms with Crippen molar-refractivity contribution in [1.29, 1.82) is 0 Å². The quantitative estimate of drug-likeness (QED) is 0.288. The van der Waals surface area contributed by atoms with Gasteiger partial charge in [0.25, 0.3) is 0 Å². The minimum Gasteiger partial charge on any atom is -0.352 e. The van der Waals surface area contributed by atoms with Crippen molar-refractivity contribution in [2.24, 2.45) is 11.5 Å². The maximum absolute atomic E-state index is 9.00. The van der Waals surface area contributed by atoms with Crippen LogP contribution in [-0.4, -0.2) is 6.03 Å². The summed E-state index contributed by atoms with van der Waals surface area (Å²) in [5, 5.41) is 0. The number of hydrogen-bond acceptors (Lipinski definition) is 1. The zero-order chi connectivity index (χ0) is 3.58. The van der Waals surface area contributed by atoms with Gasteiger partial charge in [0, 0.05) is 0 Å². The van der Waals surface area contributed by atoms with Crippen molar-refractivity contribution in [3.63, 3.8) is 0 Å². The average molecular weight is 83.0 g/mol. The minimum atomic E-state index is -0.833. The van der Waals surface area contributed by atoms with Crippen LogP contribution in [0.25, 0.3) is 0 Å². The third-order valence-electron chi connectivity index (χ3n) is 0. The number of primary amides is 2. The fraction of sp³-hybridized carbons (Fsp3) is 0. The maximum Gasteiger partial charge on any atom is 1.00 e. The predicted molar refractivity (Wildman–Crippen MR) is 13.8 cm³/mol. The molecule has 5 heavy (non-hydrogen) atoms. The van der Waals surface area contributed by atoms with E-state index < -0.39 is 6.03 Å². The molecule has 0 aliphatic carbocycles. The van der Waals surface area contributed by atoms with Crippen molar-refractivity contribution in [2.75, 3.05) is 0 Å². The van der Waals surface area contributed by atoms with E-state index in [1.165, 1.54) is 0 Å². The van der Waals surface area contributed by atoms with Gasteiger partial charge in [0.15, 0.2) is 0 Å². The van der Waals surface area contributed by atoms with E-state index >= 15 is 0 Å². The van der Waals surface area contributed by atoms with Crippen LogP contribution in [0.2, 0.25) is 0 Å². The van der Waals surface area contributed by atoms with E-state index in [0.717, 1.165) is 0 Å². The molecule has 0 aliphatic heterocycles. The molecule has 4 heteroatoms. The van der Waals surface area contributed by atoms with Crippen LogP contribution < -0.4 is 41.0 Å². The largest absolute Gasteiger partial charge is 1.00 e. The van der Waals surface area contributed by atoms with Gasteiger partial charge in [0.05, 0.1) is 0 Å². The molecule has 0 bridgehead atoms. The molecule has 0 spiro atoms. The van der Waals surface area contributed by atoms with Crippen LogP contribution >= 0.6 is 0 Å². The third kappa shape index (κ3) is 302. The van der Waals surface area contributed by atoms with Crippen LogP contribution in [0, 0.1) is 0 Å². The smallest absolute Gasteiger partial charge is 0.352 e. The number of nitrogens with two attached hydrogens (primary N) is 2. The van der Waals surface area contributed by atoms with Gasteiger partial charge in [-0.1, -0.05) is 0 Å². The van der Waals surface area contributed by atoms with Gasteiger partial charge in [-0.3, -0.25) is 0 Å². The molecule has 0 aromatic carbocycles. The predicted octanol–water partition coefficient (Wildman–Crippen LogP) is -3.97. The Kier molecular flexibility index (Phi) is 7.67. The van der Waals surface area contributed by atoms with Crippen molar-refractivity contribution in [2.45, 2.75) is 0 Å². The first-order valence-electron chi connectivity index (χ1n) is 0.781. The van der Waals surface area contributed by atoms with Gasteiger partial charge < -0.3 is 11.5 Å². The Labute approximate surface area is 52.0 Å². The number of urea groups is 1. The van der Waals surface area contributed by atoms with Gasteiger partial charge in [-0.05, 0) is 0 Å². The zero-order valence-electron chi connectivity index (χ0n) is 3.06. The standard InChI is InChI=1S/CH4N2O.Na/c2-1(3)4;/h(H4,2,3,4);/q;+1. The van der Waals surface area contributed by atoms with Gasteiger partial charge in [0.1, 0.15) is 0 Å². The first-order chi connectivity index (χ1) is 1.73. The summed E-state index contributed by atoms with van der Waals surface area (Å²) in [6.07, 6.45) is 0. The summed E-state index contributed by atoms with van der Waals surface area (Å²) in [6, 6.07) is -0.833. The average Bonchev–Trinajstić information content (AvgIpc) is 0.811. The van der Waals surface area contributed by atoms with Crippen molar-refractivity contribution >= 4 is 6.03 Å². The van der Waals surface area contributed by atoms with Crippen LogP contribution in [0.4, 0.5) is 4.79 Å². The summed E-state index contributed by atoms with van der Waals surface area (Å²) >= 11 is 0. The molecule has 0 radical (unpaired) electrons. The molecular formula is CH4N2NaO+. The number of carbonyl (C=O) groups is 1. The number of carbonyl (C=O) groups excluding carboxylic acids is 1.